The molecule has 0 atom stereocenters. The summed E-state index contributed by atoms with van der Waals surface area (Å²) in [4.78, 5) is 24.6. The highest BCUT2D eigenvalue weighted by atomic mass is 16.2. The van der Waals surface area contributed by atoms with Crippen molar-refractivity contribution in [2.45, 2.75) is 6.92 Å². The number of carbonyl (C=O) groups is 2. The molecule has 0 aromatic heterocycles. The maximum absolute atomic E-state index is 11.7. The SMILES string of the molecule is CC(=O)N1CCN(NC(=O)C#Cc2ccccc2)CC1. The van der Waals surface area contributed by atoms with Crippen molar-refractivity contribution in [3.05, 3.63) is 35.9 Å². The van der Waals surface area contributed by atoms with Crippen LogP contribution in [0, 0.1) is 11.8 Å². The molecule has 2 amide bonds. The number of rotatable bonds is 1. The normalized spacial score (nSPS) is 15.2. The predicted molar refractivity (Wildman–Crippen MR) is 75.3 cm³/mol. The van der Waals surface area contributed by atoms with Gasteiger partial charge >= 0.3 is 5.91 Å². The Morgan fingerprint density at radius 3 is 2.35 bits per heavy atom. The van der Waals surface area contributed by atoms with Crippen molar-refractivity contribution in [1.29, 1.82) is 0 Å². The molecule has 1 fully saturated rings. The number of hydrogen-bond donors (Lipinski definition) is 1. The Hall–Kier alpha value is -2.32. The second kappa shape index (κ2) is 6.73. The van der Waals surface area contributed by atoms with Crippen LogP contribution in [0.1, 0.15) is 12.5 Å². The Balaban J connectivity index is 1.82. The first-order valence-electron chi connectivity index (χ1n) is 6.53. The van der Waals surface area contributed by atoms with Crippen LogP contribution in [-0.4, -0.2) is 47.9 Å². The van der Waals surface area contributed by atoms with Gasteiger partial charge in [0.15, 0.2) is 0 Å². The topological polar surface area (TPSA) is 52.7 Å². The number of amides is 2. The summed E-state index contributed by atoms with van der Waals surface area (Å²) >= 11 is 0. The summed E-state index contributed by atoms with van der Waals surface area (Å²) in [5.74, 6) is 5.11. The Bertz CT molecular complexity index is 537. The van der Waals surface area contributed by atoms with Gasteiger partial charge in [-0.2, -0.15) is 0 Å². The van der Waals surface area contributed by atoms with E-state index in [-0.39, 0.29) is 11.8 Å². The van der Waals surface area contributed by atoms with Crippen LogP contribution < -0.4 is 5.43 Å². The third-order valence-electron chi connectivity index (χ3n) is 3.08. The molecule has 0 saturated carbocycles. The number of piperazine rings is 1. The van der Waals surface area contributed by atoms with Crippen molar-refractivity contribution in [3.8, 4) is 11.8 Å². The molecular weight excluding hydrogens is 254 g/mol. The van der Waals surface area contributed by atoms with Crippen molar-refractivity contribution < 1.29 is 9.59 Å². The van der Waals surface area contributed by atoms with E-state index >= 15 is 0 Å². The van der Waals surface area contributed by atoms with Gasteiger partial charge in [-0.3, -0.25) is 15.0 Å². The first kappa shape index (κ1) is 14.1. The van der Waals surface area contributed by atoms with Crippen LogP contribution in [0.15, 0.2) is 30.3 Å². The van der Waals surface area contributed by atoms with Gasteiger partial charge in [-0.15, -0.1) is 0 Å². The third-order valence-corrected chi connectivity index (χ3v) is 3.08. The van der Waals surface area contributed by atoms with Gasteiger partial charge in [0, 0.05) is 44.6 Å². The van der Waals surface area contributed by atoms with E-state index in [0.29, 0.717) is 26.2 Å². The molecule has 0 bridgehead atoms. The van der Waals surface area contributed by atoms with Crippen LogP contribution in [0.2, 0.25) is 0 Å². The molecule has 20 heavy (non-hydrogen) atoms. The van der Waals surface area contributed by atoms with Gasteiger partial charge in [0.2, 0.25) is 5.91 Å². The number of hydrazine groups is 1. The van der Waals surface area contributed by atoms with E-state index in [9.17, 15) is 9.59 Å². The fourth-order valence-electron chi connectivity index (χ4n) is 1.96. The Kier molecular flexibility index (Phi) is 4.75. The molecule has 1 aromatic carbocycles. The number of nitrogens with one attached hydrogen (secondary N) is 1. The summed E-state index contributed by atoms with van der Waals surface area (Å²) in [6.07, 6.45) is 0. The van der Waals surface area contributed by atoms with Gasteiger partial charge in [-0.05, 0) is 12.1 Å². The molecule has 2 rings (SSSR count). The monoisotopic (exact) mass is 271 g/mol. The minimum atomic E-state index is -0.329. The number of carbonyl (C=O) groups excluding carboxylic acids is 2. The summed E-state index contributed by atoms with van der Waals surface area (Å²) in [5, 5.41) is 1.79. The molecule has 1 aromatic rings. The maximum atomic E-state index is 11.7. The quantitative estimate of drug-likeness (QED) is 0.744. The summed E-state index contributed by atoms with van der Waals surface area (Å²) < 4.78 is 0. The van der Waals surface area contributed by atoms with Crippen LogP contribution in [-0.2, 0) is 9.59 Å². The smallest absolute Gasteiger partial charge is 0.310 e. The largest absolute Gasteiger partial charge is 0.340 e. The van der Waals surface area contributed by atoms with Gasteiger partial charge < -0.3 is 4.90 Å². The van der Waals surface area contributed by atoms with E-state index in [2.05, 4.69) is 17.3 Å². The van der Waals surface area contributed by atoms with E-state index in [4.69, 9.17) is 0 Å². The number of benzene rings is 1. The average molecular weight is 271 g/mol. The number of hydrogen-bond acceptors (Lipinski definition) is 3. The highest BCUT2D eigenvalue weighted by Crippen LogP contribution is 1.99. The summed E-state index contributed by atoms with van der Waals surface area (Å²) in [6.45, 7) is 4.06. The van der Waals surface area contributed by atoms with Gasteiger partial charge in [0.25, 0.3) is 0 Å². The van der Waals surface area contributed by atoms with E-state index < -0.39 is 0 Å². The Morgan fingerprint density at radius 2 is 1.75 bits per heavy atom. The van der Waals surface area contributed by atoms with Gasteiger partial charge in [0.05, 0.1) is 0 Å². The lowest BCUT2D eigenvalue weighted by Crippen LogP contribution is -2.54. The van der Waals surface area contributed by atoms with Crippen molar-refractivity contribution in [2.75, 3.05) is 26.2 Å². The first-order chi connectivity index (χ1) is 9.65. The van der Waals surface area contributed by atoms with E-state index in [1.54, 1.807) is 16.8 Å². The molecule has 1 aliphatic rings. The van der Waals surface area contributed by atoms with Crippen molar-refractivity contribution >= 4 is 11.8 Å². The summed E-state index contributed by atoms with van der Waals surface area (Å²) in [7, 11) is 0. The van der Waals surface area contributed by atoms with Gasteiger partial charge in [0.1, 0.15) is 0 Å². The molecule has 1 N–H and O–H groups in total. The fraction of sp³-hybridized carbons (Fsp3) is 0.333. The van der Waals surface area contributed by atoms with Gasteiger partial charge in [-0.25, -0.2) is 5.01 Å². The molecule has 0 unspecified atom stereocenters. The second-order valence-electron chi connectivity index (χ2n) is 4.55. The molecule has 104 valence electrons. The summed E-state index contributed by atoms with van der Waals surface area (Å²) in [5.41, 5.74) is 3.54. The molecule has 1 heterocycles. The van der Waals surface area contributed by atoms with Crippen LogP contribution >= 0.6 is 0 Å². The van der Waals surface area contributed by atoms with Crippen molar-refractivity contribution in [3.63, 3.8) is 0 Å². The molecule has 5 heteroatoms. The lowest BCUT2D eigenvalue weighted by molar-refractivity contribution is -0.131. The van der Waals surface area contributed by atoms with Crippen molar-refractivity contribution in [1.82, 2.24) is 15.3 Å². The zero-order valence-electron chi connectivity index (χ0n) is 11.4. The van der Waals surface area contributed by atoms with E-state index in [1.165, 1.54) is 0 Å². The second-order valence-corrected chi connectivity index (χ2v) is 4.55. The van der Waals surface area contributed by atoms with Crippen LogP contribution in [0.3, 0.4) is 0 Å². The highest BCUT2D eigenvalue weighted by Gasteiger charge is 2.19. The number of nitrogens with zero attached hydrogens (tertiary/aromatic N) is 2. The molecule has 0 radical (unpaired) electrons. The highest BCUT2D eigenvalue weighted by molar-refractivity contribution is 5.93. The summed E-state index contributed by atoms with van der Waals surface area (Å²) in [6, 6.07) is 9.36. The standard InChI is InChI=1S/C15H17N3O2/c1-13(19)17-9-11-18(12-10-17)16-15(20)8-7-14-5-3-2-4-6-14/h2-6H,9-12H2,1H3,(H,16,20). The lowest BCUT2D eigenvalue weighted by Gasteiger charge is -2.33. The lowest BCUT2D eigenvalue weighted by atomic mass is 10.2. The van der Waals surface area contributed by atoms with Crippen molar-refractivity contribution in [2.24, 2.45) is 0 Å². The maximum Gasteiger partial charge on any atom is 0.310 e. The van der Waals surface area contributed by atoms with E-state index in [1.807, 2.05) is 30.3 Å². The molecule has 5 nitrogen and oxygen atoms in total. The van der Waals surface area contributed by atoms with Crippen LogP contribution in [0.25, 0.3) is 0 Å². The molecule has 1 aliphatic heterocycles. The van der Waals surface area contributed by atoms with E-state index in [0.717, 1.165) is 5.56 Å². The minimum absolute atomic E-state index is 0.0693. The Morgan fingerprint density at radius 1 is 1.10 bits per heavy atom. The predicted octanol–water partition coefficient (Wildman–Crippen LogP) is 0.233. The third kappa shape index (κ3) is 4.11. The zero-order valence-corrected chi connectivity index (χ0v) is 11.4. The molecule has 0 aliphatic carbocycles. The van der Waals surface area contributed by atoms with Crippen LogP contribution in [0.4, 0.5) is 0 Å². The van der Waals surface area contributed by atoms with Gasteiger partial charge in [-0.1, -0.05) is 24.1 Å². The average Bonchev–Trinajstić information content (AvgIpc) is 2.47. The molecule has 1 saturated heterocycles. The zero-order chi connectivity index (χ0) is 14.4. The molecular formula is C15H17N3O2. The minimum Gasteiger partial charge on any atom is -0.340 e. The first-order valence-corrected chi connectivity index (χ1v) is 6.53. The molecule has 0 spiro atoms. The van der Waals surface area contributed by atoms with Crippen LogP contribution in [0.5, 0.6) is 0 Å². The fourth-order valence-corrected chi connectivity index (χ4v) is 1.96. The Labute approximate surface area is 118 Å².